The standard InChI is InChI=1S/C13H24N2O/c1-5-6-11(4)13-12(15-9-16-13)8-14-7-10(2)3/h9-11,14H,5-8H2,1-4H3. The van der Waals surface area contributed by atoms with Crippen LogP contribution in [0.3, 0.4) is 0 Å². The van der Waals surface area contributed by atoms with Crippen LogP contribution in [0.5, 0.6) is 0 Å². The molecule has 1 unspecified atom stereocenters. The lowest BCUT2D eigenvalue weighted by Gasteiger charge is -2.10. The molecule has 0 saturated carbocycles. The summed E-state index contributed by atoms with van der Waals surface area (Å²) in [5.74, 6) is 2.20. The van der Waals surface area contributed by atoms with Gasteiger partial charge in [0.15, 0.2) is 6.39 Å². The normalized spacial score (nSPS) is 13.3. The fourth-order valence-corrected chi connectivity index (χ4v) is 1.86. The summed E-state index contributed by atoms with van der Waals surface area (Å²) in [6.07, 6.45) is 3.90. The average Bonchev–Trinajstić information content (AvgIpc) is 2.66. The van der Waals surface area contributed by atoms with Crippen molar-refractivity contribution in [2.45, 2.75) is 53.0 Å². The topological polar surface area (TPSA) is 38.1 Å². The number of aromatic nitrogens is 1. The van der Waals surface area contributed by atoms with Crippen molar-refractivity contribution in [3.05, 3.63) is 17.8 Å². The van der Waals surface area contributed by atoms with Gasteiger partial charge >= 0.3 is 0 Å². The van der Waals surface area contributed by atoms with Gasteiger partial charge in [-0.05, 0) is 18.9 Å². The van der Waals surface area contributed by atoms with Crippen molar-refractivity contribution in [3.63, 3.8) is 0 Å². The van der Waals surface area contributed by atoms with Gasteiger partial charge in [-0.25, -0.2) is 4.98 Å². The molecule has 3 nitrogen and oxygen atoms in total. The molecular formula is C13H24N2O. The van der Waals surface area contributed by atoms with Crippen LogP contribution in [0.4, 0.5) is 0 Å². The molecule has 3 heteroatoms. The number of nitrogens with zero attached hydrogens (tertiary/aromatic N) is 1. The first kappa shape index (κ1) is 13.2. The van der Waals surface area contributed by atoms with Crippen LogP contribution in [0.25, 0.3) is 0 Å². The number of hydrogen-bond acceptors (Lipinski definition) is 3. The van der Waals surface area contributed by atoms with Crippen LogP contribution in [0.15, 0.2) is 10.8 Å². The third-order valence-corrected chi connectivity index (χ3v) is 2.69. The maximum Gasteiger partial charge on any atom is 0.181 e. The lowest BCUT2D eigenvalue weighted by molar-refractivity contribution is 0.449. The van der Waals surface area contributed by atoms with E-state index in [1.165, 1.54) is 6.42 Å². The molecule has 0 aliphatic heterocycles. The molecule has 0 aromatic carbocycles. The van der Waals surface area contributed by atoms with E-state index in [0.717, 1.165) is 31.0 Å². The Hall–Kier alpha value is -0.830. The van der Waals surface area contributed by atoms with Crippen molar-refractivity contribution in [2.75, 3.05) is 6.54 Å². The Balaban J connectivity index is 2.50. The fourth-order valence-electron chi connectivity index (χ4n) is 1.86. The Bertz CT molecular complexity index is 294. The van der Waals surface area contributed by atoms with Crippen LogP contribution in [0, 0.1) is 5.92 Å². The quantitative estimate of drug-likeness (QED) is 0.772. The Morgan fingerprint density at radius 1 is 1.38 bits per heavy atom. The van der Waals surface area contributed by atoms with Crippen LogP contribution < -0.4 is 5.32 Å². The molecule has 1 N–H and O–H groups in total. The van der Waals surface area contributed by atoms with E-state index in [1.54, 1.807) is 6.39 Å². The van der Waals surface area contributed by atoms with E-state index < -0.39 is 0 Å². The van der Waals surface area contributed by atoms with Crippen LogP contribution in [-0.4, -0.2) is 11.5 Å². The Morgan fingerprint density at radius 2 is 2.12 bits per heavy atom. The van der Waals surface area contributed by atoms with Gasteiger partial charge in [0, 0.05) is 12.5 Å². The molecule has 0 amide bonds. The predicted octanol–water partition coefficient (Wildman–Crippen LogP) is 3.32. The van der Waals surface area contributed by atoms with Gasteiger partial charge in [0.1, 0.15) is 5.76 Å². The molecule has 1 aromatic rings. The molecule has 0 fully saturated rings. The average molecular weight is 224 g/mol. The molecule has 0 spiro atoms. The molecule has 0 aliphatic rings. The van der Waals surface area contributed by atoms with Gasteiger partial charge in [-0.3, -0.25) is 0 Å². The molecule has 1 rings (SSSR count). The zero-order valence-corrected chi connectivity index (χ0v) is 10.9. The first-order valence-electron chi connectivity index (χ1n) is 6.28. The minimum absolute atomic E-state index is 0.475. The maximum atomic E-state index is 5.49. The summed E-state index contributed by atoms with van der Waals surface area (Å²) >= 11 is 0. The van der Waals surface area contributed by atoms with Crippen molar-refractivity contribution in [3.8, 4) is 0 Å². The molecule has 0 aliphatic carbocycles. The summed E-state index contributed by atoms with van der Waals surface area (Å²) in [4.78, 5) is 4.29. The van der Waals surface area contributed by atoms with Gasteiger partial charge < -0.3 is 9.73 Å². The van der Waals surface area contributed by atoms with E-state index in [1.807, 2.05) is 0 Å². The molecule has 0 radical (unpaired) electrons. The summed E-state index contributed by atoms with van der Waals surface area (Å²) in [6, 6.07) is 0. The molecule has 1 aromatic heterocycles. The third-order valence-electron chi connectivity index (χ3n) is 2.69. The van der Waals surface area contributed by atoms with Gasteiger partial charge in [-0.15, -0.1) is 0 Å². The number of rotatable bonds is 7. The largest absolute Gasteiger partial charge is 0.448 e. The van der Waals surface area contributed by atoms with Gasteiger partial charge in [-0.1, -0.05) is 34.1 Å². The highest BCUT2D eigenvalue weighted by atomic mass is 16.3. The Morgan fingerprint density at radius 3 is 2.75 bits per heavy atom. The van der Waals surface area contributed by atoms with Crippen molar-refractivity contribution >= 4 is 0 Å². The van der Waals surface area contributed by atoms with Crippen molar-refractivity contribution in [1.29, 1.82) is 0 Å². The molecule has 92 valence electrons. The van der Waals surface area contributed by atoms with Gasteiger partial charge in [-0.2, -0.15) is 0 Å². The summed E-state index contributed by atoms with van der Waals surface area (Å²) in [5.41, 5.74) is 1.07. The second-order valence-electron chi connectivity index (χ2n) is 4.88. The van der Waals surface area contributed by atoms with E-state index in [0.29, 0.717) is 11.8 Å². The third kappa shape index (κ3) is 3.97. The first-order valence-corrected chi connectivity index (χ1v) is 6.28. The lowest BCUT2D eigenvalue weighted by Crippen LogP contribution is -2.20. The summed E-state index contributed by atoms with van der Waals surface area (Å²) in [6.45, 7) is 10.7. The highest BCUT2D eigenvalue weighted by Crippen LogP contribution is 2.23. The SMILES string of the molecule is CCCC(C)c1ocnc1CNCC(C)C. The van der Waals surface area contributed by atoms with Gasteiger partial charge in [0.25, 0.3) is 0 Å². The van der Waals surface area contributed by atoms with Gasteiger partial charge in [0.05, 0.1) is 5.69 Å². The minimum Gasteiger partial charge on any atom is -0.448 e. The van der Waals surface area contributed by atoms with Crippen molar-refractivity contribution in [1.82, 2.24) is 10.3 Å². The van der Waals surface area contributed by atoms with Gasteiger partial charge in [0.2, 0.25) is 0 Å². The molecule has 0 bridgehead atoms. The summed E-state index contributed by atoms with van der Waals surface area (Å²) in [7, 11) is 0. The van der Waals surface area contributed by atoms with Crippen LogP contribution >= 0.6 is 0 Å². The summed E-state index contributed by atoms with van der Waals surface area (Å²) in [5, 5.41) is 3.40. The molecule has 0 saturated heterocycles. The molecule has 1 atom stereocenters. The van der Waals surface area contributed by atoms with E-state index in [2.05, 4.69) is 38.0 Å². The summed E-state index contributed by atoms with van der Waals surface area (Å²) < 4.78 is 5.49. The second kappa shape index (κ2) is 6.69. The first-order chi connectivity index (χ1) is 7.65. The van der Waals surface area contributed by atoms with E-state index >= 15 is 0 Å². The predicted molar refractivity (Wildman–Crippen MR) is 66.4 cm³/mol. The van der Waals surface area contributed by atoms with E-state index in [9.17, 15) is 0 Å². The fraction of sp³-hybridized carbons (Fsp3) is 0.769. The number of nitrogens with one attached hydrogen (secondary N) is 1. The zero-order valence-electron chi connectivity index (χ0n) is 10.9. The maximum absolute atomic E-state index is 5.49. The van der Waals surface area contributed by atoms with E-state index in [4.69, 9.17) is 4.42 Å². The minimum atomic E-state index is 0.475. The molecule has 16 heavy (non-hydrogen) atoms. The number of hydrogen-bond donors (Lipinski definition) is 1. The van der Waals surface area contributed by atoms with E-state index in [-0.39, 0.29) is 0 Å². The smallest absolute Gasteiger partial charge is 0.181 e. The molecular weight excluding hydrogens is 200 g/mol. The highest BCUT2D eigenvalue weighted by molar-refractivity contribution is 5.11. The number of oxazole rings is 1. The molecule has 1 heterocycles. The lowest BCUT2D eigenvalue weighted by atomic mass is 10.0. The monoisotopic (exact) mass is 224 g/mol. The van der Waals surface area contributed by atoms with Crippen LogP contribution in [-0.2, 0) is 6.54 Å². The second-order valence-corrected chi connectivity index (χ2v) is 4.88. The van der Waals surface area contributed by atoms with Crippen molar-refractivity contribution < 1.29 is 4.42 Å². The zero-order chi connectivity index (χ0) is 12.0. The van der Waals surface area contributed by atoms with Crippen LogP contribution in [0.1, 0.15) is 57.9 Å². The highest BCUT2D eigenvalue weighted by Gasteiger charge is 2.14. The Kier molecular flexibility index (Phi) is 5.53. The Labute approximate surface area is 98.6 Å². The van der Waals surface area contributed by atoms with Crippen LogP contribution in [0.2, 0.25) is 0 Å². The van der Waals surface area contributed by atoms with Crippen molar-refractivity contribution in [2.24, 2.45) is 5.92 Å².